The Bertz CT molecular complexity index is 361. The van der Waals surface area contributed by atoms with Gasteiger partial charge in [0.15, 0.2) is 11.5 Å². The highest BCUT2D eigenvalue weighted by Crippen LogP contribution is 2.33. The minimum absolute atomic E-state index is 0.525. The molecule has 0 amide bonds. The first-order valence-electron chi connectivity index (χ1n) is 6.42. The van der Waals surface area contributed by atoms with Gasteiger partial charge in [-0.2, -0.15) is 0 Å². The van der Waals surface area contributed by atoms with Crippen LogP contribution in [0.25, 0.3) is 0 Å². The molecule has 2 rings (SSSR count). The maximum absolute atomic E-state index is 5.83. The predicted octanol–water partition coefficient (Wildman–Crippen LogP) is 2.38. The van der Waals surface area contributed by atoms with Gasteiger partial charge in [-0.1, -0.05) is 13.0 Å². The number of nitrogens with two attached hydrogens (primary N) is 1. The smallest absolute Gasteiger partial charge is 0.161 e. The van der Waals surface area contributed by atoms with Crippen LogP contribution in [-0.4, -0.2) is 19.8 Å². The second kappa shape index (κ2) is 5.92. The van der Waals surface area contributed by atoms with E-state index in [1.165, 1.54) is 18.4 Å². The summed E-state index contributed by atoms with van der Waals surface area (Å²) in [5.41, 5.74) is 6.72. The van der Waals surface area contributed by atoms with Gasteiger partial charge >= 0.3 is 0 Å². The molecule has 17 heavy (non-hydrogen) atoms. The average Bonchev–Trinajstić information content (AvgIpc) is 3.18. The van der Waals surface area contributed by atoms with Crippen molar-refractivity contribution < 1.29 is 9.47 Å². The Labute approximate surface area is 103 Å². The monoisotopic (exact) mass is 235 g/mol. The van der Waals surface area contributed by atoms with Gasteiger partial charge in [0, 0.05) is 6.54 Å². The maximum atomic E-state index is 5.83. The van der Waals surface area contributed by atoms with Crippen molar-refractivity contribution in [2.24, 2.45) is 11.7 Å². The molecule has 1 aliphatic carbocycles. The summed E-state index contributed by atoms with van der Waals surface area (Å²) >= 11 is 0. The van der Waals surface area contributed by atoms with Crippen molar-refractivity contribution in [3.8, 4) is 11.5 Å². The molecule has 3 heteroatoms. The number of ether oxygens (including phenoxy) is 2. The first-order valence-corrected chi connectivity index (χ1v) is 6.42. The van der Waals surface area contributed by atoms with Gasteiger partial charge < -0.3 is 15.2 Å². The topological polar surface area (TPSA) is 44.5 Å². The molecule has 0 saturated heterocycles. The van der Waals surface area contributed by atoms with Crippen molar-refractivity contribution in [2.45, 2.75) is 26.2 Å². The molecular formula is C14H21NO2. The predicted molar refractivity (Wildman–Crippen MR) is 68.6 cm³/mol. The Balaban J connectivity index is 2.04. The molecule has 3 nitrogen and oxygen atoms in total. The lowest BCUT2D eigenvalue weighted by atomic mass is 10.1. The molecule has 0 aliphatic heterocycles. The van der Waals surface area contributed by atoms with E-state index in [0.717, 1.165) is 30.4 Å². The number of aryl methyl sites for hydroxylation is 1. The third kappa shape index (κ3) is 3.63. The van der Waals surface area contributed by atoms with Crippen molar-refractivity contribution in [1.82, 2.24) is 0 Å². The van der Waals surface area contributed by atoms with E-state index < -0.39 is 0 Å². The zero-order valence-corrected chi connectivity index (χ0v) is 10.4. The van der Waals surface area contributed by atoms with Crippen LogP contribution >= 0.6 is 0 Å². The standard InChI is InChI=1S/C14H21NO2/c1-2-11-5-6-13(16-8-7-15)14(9-11)17-10-12-3-4-12/h5-6,9,12H,2-4,7-8,10,15H2,1H3. The summed E-state index contributed by atoms with van der Waals surface area (Å²) in [4.78, 5) is 0. The fraction of sp³-hybridized carbons (Fsp3) is 0.571. The SMILES string of the molecule is CCc1ccc(OCCN)c(OCC2CC2)c1. The van der Waals surface area contributed by atoms with Crippen molar-refractivity contribution in [2.75, 3.05) is 19.8 Å². The van der Waals surface area contributed by atoms with E-state index in [4.69, 9.17) is 15.2 Å². The summed E-state index contributed by atoms with van der Waals surface area (Å²) in [6.45, 7) is 4.01. The minimum atomic E-state index is 0.525. The third-order valence-electron chi connectivity index (χ3n) is 2.96. The molecule has 0 heterocycles. The zero-order chi connectivity index (χ0) is 12.1. The summed E-state index contributed by atoms with van der Waals surface area (Å²) < 4.78 is 11.4. The fourth-order valence-electron chi connectivity index (χ4n) is 1.67. The molecule has 1 aromatic rings. The van der Waals surface area contributed by atoms with Crippen LogP contribution in [0.4, 0.5) is 0 Å². The molecule has 1 saturated carbocycles. The number of benzene rings is 1. The van der Waals surface area contributed by atoms with E-state index in [2.05, 4.69) is 19.1 Å². The Morgan fingerprint density at radius 2 is 2.06 bits per heavy atom. The van der Waals surface area contributed by atoms with Gasteiger partial charge in [0.05, 0.1) is 6.61 Å². The van der Waals surface area contributed by atoms with Gasteiger partial charge in [-0.25, -0.2) is 0 Å². The highest BCUT2D eigenvalue weighted by Gasteiger charge is 2.22. The molecule has 2 N–H and O–H groups in total. The average molecular weight is 235 g/mol. The summed E-state index contributed by atoms with van der Waals surface area (Å²) in [7, 11) is 0. The van der Waals surface area contributed by atoms with E-state index in [1.54, 1.807) is 0 Å². The normalized spacial score (nSPS) is 14.7. The van der Waals surface area contributed by atoms with Crippen LogP contribution in [0.1, 0.15) is 25.3 Å². The maximum Gasteiger partial charge on any atom is 0.161 e. The largest absolute Gasteiger partial charge is 0.489 e. The number of hydrogen-bond donors (Lipinski definition) is 1. The van der Waals surface area contributed by atoms with Crippen molar-refractivity contribution in [3.05, 3.63) is 23.8 Å². The van der Waals surface area contributed by atoms with E-state index in [1.807, 2.05) is 6.07 Å². The second-order valence-electron chi connectivity index (χ2n) is 4.53. The van der Waals surface area contributed by atoms with Gasteiger partial charge in [-0.05, 0) is 42.9 Å². The van der Waals surface area contributed by atoms with E-state index in [0.29, 0.717) is 13.2 Å². The van der Waals surface area contributed by atoms with Crippen molar-refractivity contribution in [3.63, 3.8) is 0 Å². The first-order chi connectivity index (χ1) is 8.33. The van der Waals surface area contributed by atoms with Gasteiger partial charge in [-0.15, -0.1) is 0 Å². The van der Waals surface area contributed by atoms with Crippen LogP contribution in [0.2, 0.25) is 0 Å². The van der Waals surface area contributed by atoms with Crippen LogP contribution < -0.4 is 15.2 Å². The molecule has 0 atom stereocenters. The molecule has 1 aliphatic rings. The number of rotatable bonds is 7. The highest BCUT2D eigenvalue weighted by molar-refractivity contribution is 5.43. The van der Waals surface area contributed by atoms with Gasteiger partial charge in [-0.3, -0.25) is 0 Å². The molecule has 0 unspecified atom stereocenters. The minimum Gasteiger partial charge on any atom is -0.489 e. The van der Waals surface area contributed by atoms with Crippen molar-refractivity contribution in [1.29, 1.82) is 0 Å². The van der Waals surface area contributed by atoms with E-state index in [-0.39, 0.29) is 0 Å². The molecule has 0 radical (unpaired) electrons. The molecule has 0 aromatic heterocycles. The van der Waals surface area contributed by atoms with Crippen LogP contribution in [0.5, 0.6) is 11.5 Å². The molecule has 1 fully saturated rings. The number of hydrogen-bond acceptors (Lipinski definition) is 3. The summed E-state index contributed by atoms with van der Waals surface area (Å²) in [6.07, 6.45) is 3.61. The van der Waals surface area contributed by atoms with E-state index >= 15 is 0 Å². The zero-order valence-electron chi connectivity index (χ0n) is 10.4. The lowest BCUT2D eigenvalue weighted by Gasteiger charge is -2.13. The summed E-state index contributed by atoms with van der Waals surface area (Å²) in [6, 6.07) is 6.14. The molecule has 0 spiro atoms. The Morgan fingerprint density at radius 3 is 2.71 bits per heavy atom. The molecule has 0 bridgehead atoms. The van der Waals surface area contributed by atoms with Gasteiger partial charge in [0.2, 0.25) is 0 Å². The second-order valence-corrected chi connectivity index (χ2v) is 4.53. The van der Waals surface area contributed by atoms with Gasteiger partial charge in [0.25, 0.3) is 0 Å². The van der Waals surface area contributed by atoms with Gasteiger partial charge in [0.1, 0.15) is 6.61 Å². The summed E-state index contributed by atoms with van der Waals surface area (Å²) in [5, 5.41) is 0. The molecule has 1 aromatic carbocycles. The van der Waals surface area contributed by atoms with Crippen LogP contribution in [0, 0.1) is 5.92 Å². The summed E-state index contributed by atoms with van der Waals surface area (Å²) in [5.74, 6) is 2.43. The lowest BCUT2D eigenvalue weighted by Crippen LogP contribution is -2.11. The first kappa shape index (κ1) is 12.2. The quantitative estimate of drug-likeness (QED) is 0.789. The fourth-order valence-corrected chi connectivity index (χ4v) is 1.67. The Kier molecular flexibility index (Phi) is 4.26. The van der Waals surface area contributed by atoms with Crippen LogP contribution in [0.3, 0.4) is 0 Å². The molecular weight excluding hydrogens is 214 g/mol. The van der Waals surface area contributed by atoms with E-state index in [9.17, 15) is 0 Å². The third-order valence-corrected chi connectivity index (χ3v) is 2.96. The Hall–Kier alpha value is -1.22. The molecule has 94 valence electrons. The lowest BCUT2D eigenvalue weighted by molar-refractivity contribution is 0.263. The van der Waals surface area contributed by atoms with Crippen molar-refractivity contribution >= 4 is 0 Å². The highest BCUT2D eigenvalue weighted by atomic mass is 16.5. The van der Waals surface area contributed by atoms with Crippen LogP contribution in [0.15, 0.2) is 18.2 Å². The van der Waals surface area contributed by atoms with Crippen LogP contribution in [-0.2, 0) is 6.42 Å². The Morgan fingerprint density at radius 1 is 1.24 bits per heavy atom.